The molecule has 0 spiro atoms. The van der Waals surface area contributed by atoms with Gasteiger partial charge >= 0.3 is 6.18 Å². The van der Waals surface area contributed by atoms with Crippen LogP contribution in [0.25, 0.3) is 0 Å². The van der Waals surface area contributed by atoms with Crippen LogP contribution in [0.2, 0.25) is 0 Å². The summed E-state index contributed by atoms with van der Waals surface area (Å²) in [6, 6.07) is 6.03. The van der Waals surface area contributed by atoms with Gasteiger partial charge in [0.1, 0.15) is 0 Å². The molecular weight excluding hydrogens is 275 g/mol. The number of halogens is 3. The predicted molar refractivity (Wildman–Crippen MR) is 79.0 cm³/mol. The first-order valence-electron chi connectivity index (χ1n) is 7.83. The summed E-state index contributed by atoms with van der Waals surface area (Å²) in [6.45, 7) is 4.17. The van der Waals surface area contributed by atoms with E-state index in [1.165, 1.54) is 31.4 Å². The highest BCUT2D eigenvalue weighted by atomic mass is 19.4. The average molecular weight is 299 g/mol. The van der Waals surface area contributed by atoms with Crippen molar-refractivity contribution in [2.24, 2.45) is 5.92 Å². The standard InChI is InChI=1S/C17H24F3N/c1-3-13-7-9-16(10-8-13)21-12(2)14-5-4-6-15(11-14)17(18,19)20/h4-6,11-13,16,21H,3,7-10H2,1-2H3. The normalized spacial score (nSPS) is 24.8. The Labute approximate surface area is 124 Å². The SMILES string of the molecule is CCC1CCC(NC(C)c2cccc(C(F)(F)F)c2)CC1. The van der Waals surface area contributed by atoms with Gasteiger partial charge in [-0.3, -0.25) is 0 Å². The molecule has 0 bridgehead atoms. The van der Waals surface area contributed by atoms with Crippen LogP contribution in [0.15, 0.2) is 24.3 Å². The molecule has 1 aromatic carbocycles. The van der Waals surface area contributed by atoms with Crippen molar-refractivity contribution in [1.82, 2.24) is 5.32 Å². The van der Waals surface area contributed by atoms with Crippen LogP contribution in [0.4, 0.5) is 13.2 Å². The van der Waals surface area contributed by atoms with Crippen molar-refractivity contribution in [3.05, 3.63) is 35.4 Å². The monoisotopic (exact) mass is 299 g/mol. The van der Waals surface area contributed by atoms with Crippen molar-refractivity contribution >= 4 is 0 Å². The Bertz CT molecular complexity index is 448. The Morgan fingerprint density at radius 2 is 1.86 bits per heavy atom. The molecular formula is C17H24F3N. The maximum Gasteiger partial charge on any atom is 0.416 e. The molecule has 1 N–H and O–H groups in total. The van der Waals surface area contributed by atoms with Crippen LogP contribution in [-0.4, -0.2) is 6.04 Å². The van der Waals surface area contributed by atoms with E-state index in [9.17, 15) is 13.2 Å². The van der Waals surface area contributed by atoms with Gasteiger partial charge in [0.25, 0.3) is 0 Å². The van der Waals surface area contributed by atoms with Crippen molar-refractivity contribution in [2.75, 3.05) is 0 Å². The molecule has 1 unspecified atom stereocenters. The lowest BCUT2D eigenvalue weighted by Crippen LogP contribution is -2.35. The minimum atomic E-state index is -4.27. The fraction of sp³-hybridized carbons (Fsp3) is 0.647. The lowest BCUT2D eigenvalue weighted by Gasteiger charge is -2.31. The molecule has 1 fully saturated rings. The van der Waals surface area contributed by atoms with Crippen molar-refractivity contribution in [2.45, 2.75) is 64.2 Å². The smallest absolute Gasteiger partial charge is 0.307 e. The second-order valence-corrected chi connectivity index (χ2v) is 6.14. The van der Waals surface area contributed by atoms with Gasteiger partial charge in [-0.2, -0.15) is 13.2 Å². The van der Waals surface area contributed by atoms with Gasteiger partial charge in [0, 0.05) is 12.1 Å². The maximum absolute atomic E-state index is 12.8. The highest BCUT2D eigenvalue weighted by Crippen LogP contribution is 2.32. The number of alkyl halides is 3. The molecule has 1 aromatic rings. The van der Waals surface area contributed by atoms with E-state index in [-0.39, 0.29) is 6.04 Å². The zero-order valence-electron chi connectivity index (χ0n) is 12.7. The van der Waals surface area contributed by atoms with E-state index >= 15 is 0 Å². The van der Waals surface area contributed by atoms with E-state index in [0.29, 0.717) is 11.6 Å². The molecule has 0 aliphatic heterocycles. The summed E-state index contributed by atoms with van der Waals surface area (Å²) in [6.07, 6.45) is 1.67. The highest BCUT2D eigenvalue weighted by molar-refractivity contribution is 5.27. The summed E-state index contributed by atoms with van der Waals surface area (Å²) in [5.74, 6) is 0.826. The summed E-state index contributed by atoms with van der Waals surface area (Å²) in [5, 5.41) is 3.49. The molecule has 0 heterocycles. The highest BCUT2D eigenvalue weighted by Gasteiger charge is 2.31. The summed E-state index contributed by atoms with van der Waals surface area (Å²) in [5.41, 5.74) is 0.144. The summed E-state index contributed by atoms with van der Waals surface area (Å²) >= 11 is 0. The minimum absolute atomic E-state index is 0.0459. The Hall–Kier alpha value is -1.03. The molecule has 0 amide bonds. The van der Waals surface area contributed by atoms with Gasteiger partial charge in [0.05, 0.1) is 5.56 Å². The summed E-state index contributed by atoms with van der Waals surface area (Å²) in [4.78, 5) is 0. The first-order chi connectivity index (χ1) is 9.90. The fourth-order valence-electron chi connectivity index (χ4n) is 3.17. The minimum Gasteiger partial charge on any atom is -0.307 e. The lowest BCUT2D eigenvalue weighted by molar-refractivity contribution is -0.137. The van der Waals surface area contributed by atoms with E-state index in [4.69, 9.17) is 0 Å². The van der Waals surface area contributed by atoms with E-state index in [0.717, 1.165) is 24.8 Å². The largest absolute Gasteiger partial charge is 0.416 e. The molecule has 2 rings (SSSR count). The molecule has 0 aromatic heterocycles. The van der Waals surface area contributed by atoms with E-state index < -0.39 is 11.7 Å². The van der Waals surface area contributed by atoms with Gasteiger partial charge in [0.15, 0.2) is 0 Å². The van der Waals surface area contributed by atoms with Crippen LogP contribution in [0.1, 0.15) is 63.1 Å². The summed E-state index contributed by atoms with van der Waals surface area (Å²) in [7, 11) is 0. The molecule has 1 aliphatic carbocycles. The number of benzene rings is 1. The van der Waals surface area contributed by atoms with Gasteiger partial charge in [-0.1, -0.05) is 25.5 Å². The predicted octanol–water partition coefficient (Wildman–Crippen LogP) is 5.32. The third-order valence-corrected chi connectivity index (χ3v) is 4.62. The Kier molecular flexibility index (Phi) is 5.31. The Morgan fingerprint density at radius 3 is 2.43 bits per heavy atom. The number of hydrogen-bond acceptors (Lipinski definition) is 1. The molecule has 118 valence electrons. The third-order valence-electron chi connectivity index (χ3n) is 4.62. The topological polar surface area (TPSA) is 12.0 Å². The first kappa shape index (κ1) is 16.3. The van der Waals surface area contributed by atoms with Gasteiger partial charge in [-0.15, -0.1) is 0 Å². The van der Waals surface area contributed by atoms with E-state index in [2.05, 4.69) is 12.2 Å². The zero-order valence-corrected chi connectivity index (χ0v) is 12.7. The van der Waals surface area contributed by atoms with Crippen LogP contribution >= 0.6 is 0 Å². The van der Waals surface area contributed by atoms with Crippen molar-refractivity contribution in [1.29, 1.82) is 0 Å². The molecule has 1 aliphatic rings. The summed E-state index contributed by atoms with van der Waals surface area (Å²) < 4.78 is 38.3. The molecule has 1 atom stereocenters. The third kappa shape index (κ3) is 4.47. The van der Waals surface area contributed by atoms with Gasteiger partial charge in [-0.25, -0.2) is 0 Å². The van der Waals surface area contributed by atoms with E-state index in [1.807, 2.05) is 6.92 Å². The van der Waals surface area contributed by atoms with Gasteiger partial charge < -0.3 is 5.32 Å². The van der Waals surface area contributed by atoms with Crippen LogP contribution in [0.3, 0.4) is 0 Å². The second kappa shape index (κ2) is 6.82. The van der Waals surface area contributed by atoms with Crippen LogP contribution in [0.5, 0.6) is 0 Å². The number of nitrogens with one attached hydrogen (secondary N) is 1. The van der Waals surface area contributed by atoms with Crippen LogP contribution in [-0.2, 0) is 6.18 Å². The maximum atomic E-state index is 12.8. The molecule has 1 nitrogen and oxygen atoms in total. The van der Waals surface area contributed by atoms with Gasteiger partial charge in [0.2, 0.25) is 0 Å². The molecule has 0 radical (unpaired) electrons. The van der Waals surface area contributed by atoms with Crippen LogP contribution < -0.4 is 5.32 Å². The van der Waals surface area contributed by atoms with Crippen molar-refractivity contribution in [3.63, 3.8) is 0 Å². The average Bonchev–Trinajstić information content (AvgIpc) is 2.47. The lowest BCUT2D eigenvalue weighted by atomic mass is 9.84. The second-order valence-electron chi connectivity index (χ2n) is 6.14. The molecule has 21 heavy (non-hydrogen) atoms. The fourth-order valence-corrected chi connectivity index (χ4v) is 3.17. The molecule has 1 saturated carbocycles. The Morgan fingerprint density at radius 1 is 1.19 bits per heavy atom. The van der Waals surface area contributed by atoms with Crippen LogP contribution in [0, 0.1) is 5.92 Å². The number of rotatable bonds is 4. The van der Waals surface area contributed by atoms with Crippen molar-refractivity contribution in [3.8, 4) is 0 Å². The molecule has 0 saturated heterocycles. The van der Waals surface area contributed by atoms with E-state index in [1.54, 1.807) is 6.07 Å². The number of hydrogen-bond donors (Lipinski definition) is 1. The van der Waals surface area contributed by atoms with Gasteiger partial charge in [-0.05, 0) is 56.2 Å². The zero-order chi connectivity index (χ0) is 15.5. The van der Waals surface area contributed by atoms with Crippen molar-refractivity contribution < 1.29 is 13.2 Å². The quantitative estimate of drug-likeness (QED) is 0.793. The Balaban J connectivity index is 1.96. The first-order valence-corrected chi connectivity index (χ1v) is 7.83. The molecule has 4 heteroatoms.